The van der Waals surface area contributed by atoms with E-state index < -0.39 is 66.0 Å². The molecule has 256 valence electrons. The van der Waals surface area contributed by atoms with E-state index in [0.29, 0.717) is 19.3 Å². The minimum atomic E-state index is -1.15. The van der Waals surface area contributed by atoms with Gasteiger partial charge in [-0.1, -0.05) is 45.7 Å². The molecular weight excluding hydrogens is 635 g/mol. The van der Waals surface area contributed by atoms with Crippen LogP contribution in [0.4, 0.5) is 0 Å². The van der Waals surface area contributed by atoms with Crippen LogP contribution in [0, 0.1) is 5.92 Å². The van der Waals surface area contributed by atoms with E-state index in [2.05, 4.69) is 21.3 Å². The number of nitrogens with two attached hydrogens (primary N) is 1. The van der Waals surface area contributed by atoms with Gasteiger partial charge in [-0.15, -0.1) is 22.7 Å². The molecule has 0 bridgehead atoms. The average Bonchev–Trinajstić information content (AvgIpc) is 3.73. The smallest absolute Gasteiger partial charge is 0.320 e. The first kappa shape index (κ1) is 38.8. The fourth-order valence-corrected chi connectivity index (χ4v) is 6.21. The number of hydrogen-bond acceptors (Lipinski definition) is 10. The molecule has 0 aromatic carbocycles. The van der Waals surface area contributed by atoms with Crippen LogP contribution in [0.25, 0.3) is 0 Å². The summed E-state index contributed by atoms with van der Waals surface area (Å²) in [6.07, 6.45) is 0.381. The van der Waals surface area contributed by atoms with Crippen molar-refractivity contribution in [2.24, 2.45) is 11.7 Å². The summed E-state index contributed by atoms with van der Waals surface area (Å²) in [5, 5.41) is 44.5. The fraction of sp³-hybridized carbons (Fsp3) is 0.581. The number of aliphatic hydroxyl groups excluding tert-OH is 1. The van der Waals surface area contributed by atoms with Crippen molar-refractivity contribution in [2.75, 3.05) is 6.54 Å². The van der Waals surface area contributed by atoms with Gasteiger partial charge in [0.15, 0.2) is 0 Å². The number of carbonyl (C=O) groups is 5. The second-order valence-electron chi connectivity index (χ2n) is 11.3. The van der Waals surface area contributed by atoms with Gasteiger partial charge in [-0.25, -0.2) is 0 Å². The third-order valence-electron chi connectivity index (χ3n) is 7.66. The SMILES string of the molecule is CCC[C@H](NC[C@H](O)[C@H](Cc1cccs1)NC(=O)[C@H](Cc1cccs1)NC(=O)[C@@H](NC(=O)[C@@H](N)CCC(=O)O)[C@@H](C)CC)C(=O)O. The highest BCUT2D eigenvalue weighted by molar-refractivity contribution is 7.10. The molecule has 13 nitrogen and oxygen atoms in total. The number of aliphatic carboxylic acids is 2. The van der Waals surface area contributed by atoms with E-state index in [4.69, 9.17) is 10.8 Å². The third-order valence-corrected chi connectivity index (χ3v) is 9.46. The standard InChI is InChI=1S/C31H47N5O8S2/c1-4-8-22(31(43)44)33-17-25(37)23(15-19-9-6-13-45-19)34-29(41)24(16-20-10-7-14-46-20)35-30(42)27(18(3)5-2)36-28(40)21(32)11-12-26(38)39/h6-7,9-10,13-14,18,21-25,27,33,37H,4-5,8,11-12,15-17,32H2,1-3H3,(H,34,41)(H,35,42)(H,36,40)(H,38,39)(H,43,44)/t18-,21-,22-,23-,24-,25-,27-/m0/s1. The number of nitrogens with one attached hydrogen (secondary N) is 4. The number of carbonyl (C=O) groups excluding carboxylic acids is 3. The minimum Gasteiger partial charge on any atom is -0.481 e. The summed E-state index contributed by atoms with van der Waals surface area (Å²) in [5.41, 5.74) is 5.88. The van der Waals surface area contributed by atoms with E-state index in [1.807, 2.05) is 48.9 Å². The van der Waals surface area contributed by atoms with E-state index in [0.717, 1.165) is 9.75 Å². The molecule has 0 aliphatic heterocycles. The lowest BCUT2D eigenvalue weighted by molar-refractivity contribution is -0.140. The molecule has 0 aliphatic rings. The van der Waals surface area contributed by atoms with Gasteiger partial charge >= 0.3 is 11.9 Å². The molecule has 2 heterocycles. The van der Waals surface area contributed by atoms with E-state index >= 15 is 0 Å². The maximum atomic E-state index is 13.8. The van der Waals surface area contributed by atoms with E-state index in [1.54, 1.807) is 6.92 Å². The molecule has 2 aromatic rings. The van der Waals surface area contributed by atoms with Crippen LogP contribution in [0.15, 0.2) is 35.0 Å². The van der Waals surface area contributed by atoms with E-state index in [1.165, 1.54) is 22.7 Å². The lowest BCUT2D eigenvalue weighted by Crippen LogP contribution is -2.60. The summed E-state index contributed by atoms with van der Waals surface area (Å²) in [5.74, 6) is -4.30. The Bertz CT molecular complexity index is 1240. The molecule has 0 unspecified atom stereocenters. The number of aliphatic hydroxyl groups is 1. The van der Waals surface area contributed by atoms with Crippen LogP contribution < -0.4 is 27.0 Å². The molecule has 9 N–H and O–H groups in total. The number of rotatable bonds is 22. The van der Waals surface area contributed by atoms with Crippen molar-refractivity contribution in [3.05, 3.63) is 44.8 Å². The first-order chi connectivity index (χ1) is 21.9. The number of carboxylic acid groups (broad SMARTS) is 2. The number of carboxylic acids is 2. The van der Waals surface area contributed by atoms with Crippen molar-refractivity contribution in [3.8, 4) is 0 Å². The zero-order valence-corrected chi connectivity index (χ0v) is 28.1. The first-order valence-electron chi connectivity index (χ1n) is 15.4. The van der Waals surface area contributed by atoms with Gasteiger partial charge in [0.25, 0.3) is 0 Å². The largest absolute Gasteiger partial charge is 0.481 e. The molecule has 46 heavy (non-hydrogen) atoms. The molecule has 0 aliphatic carbocycles. The van der Waals surface area contributed by atoms with Crippen molar-refractivity contribution in [1.29, 1.82) is 0 Å². The minimum absolute atomic E-state index is 0.0838. The Kier molecular flexibility index (Phi) is 16.9. The Hall–Kier alpha value is -3.37. The van der Waals surface area contributed by atoms with Gasteiger partial charge in [-0.3, -0.25) is 24.0 Å². The van der Waals surface area contributed by atoms with Gasteiger partial charge < -0.3 is 42.3 Å². The lowest BCUT2D eigenvalue weighted by Gasteiger charge is -2.30. The molecule has 7 atom stereocenters. The Balaban J connectivity index is 2.27. The van der Waals surface area contributed by atoms with Crippen molar-refractivity contribution in [2.45, 2.75) is 102 Å². The summed E-state index contributed by atoms with van der Waals surface area (Å²) in [6, 6.07) is 2.45. The summed E-state index contributed by atoms with van der Waals surface area (Å²) in [6.45, 7) is 5.39. The van der Waals surface area contributed by atoms with Crippen LogP contribution in [-0.2, 0) is 36.8 Å². The van der Waals surface area contributed by atoms with E-state index in [9.17, 15) is 34.2 Å². The lowest BCUT2D eigenvalue weighted by atomic mass is 9.96. The Morgan fingerprint density at radius 3 is 2.00 bits per heavy atom. The zero-order chi connectivity index (χ0) is 34.2. The monoisotopic (exact) mass is 681 g/mol. The molecule has 2 aromatic heterocycles. The van der Waals surface area contributed by atoms with Gasteiger partial charge in [0, 0.05) is 35.6 Å². The van der Waals surface area contributed by atoms with Crippen LogP contribution in [0.1, 0.15) is 62.6 Å². The molecule has 3 amide bonds. The molecule has 0 saturated carbocycles. The van der Waals surface area contributed by atoms with Crippen LogP contribution in [-0.4, -0.2) is 87.8 Å². The highest BCUT2D eigenvalue weighted by Crippen LogP contribution is 2.16. The number of amides is 3. The van der Waals surface area contributed by atoms with Gasteiger partial charge in [0.2, 0.25) is 17.7 Å². The van der Waals surface area contributed by atoms with E-state index in [-0.39, 0.29) is 38.1 Å². The van der Waals surface area contributed by atoms with Crippen molar-refractivity contribution >= 4 is 52.3 Å². The summed E-state index contributed by atoms with van der Waals surface area (Å²) in [4.78, 5) is 64.5. The highest BCUT2D eigenvalue weighted by atomic mass is 32.1. The molecule has 0 spiro atoms. The number of thiophene rings is 2. The molecular formula is C31H47N5O8S2. The highest BCUT2D eigenvalue weighted by Gasteiger charge is 2.33. The summed E-state index contributed by atoms with van der Waals surface area (Å²) >= 11 is 2.86. The van der Waals surface area contributed by atoms with Gasteiger partial charge in [0.05, 0.1) is 18.2 Å². The van der Waals surface area contributed by atoms with Gasteiger partial charge in [-0.05, 0) is 41.7 Å². The fourth-order valence-electron chi connectivity index (χ4n) is 4.69. The van der Waals surface area contributed by atoms with Crippen LogP contribution >= 0.6 is 22.7 Å². The van der Waals surface area contributed by atoms with Gasteiger partial charge in [0.1, 0.15) is 18.1 Å². The molecule has 0 radical (unpaired) electrons. The number of hydrogen-bond donors (Lipinski definition) is 8. The predicted molar refractivity (Wildman–Crippen MR) is 176 cm³/mol. The second kappa shape index (κ2) is 20.0. The first-order valence-corrected chi connectivity index (χ1v) is 17.2. The maximum Gasteiger partial charge on any atom is 0.320 e. The quantitative estimate of drug-likeness (QED) is 0.0895. The Morgan fingerprint density at radius 2 is 1.48 bits per heavy atom. The van der Waals surface area contributed by atoms with Crippen molar-refractivity contribution in [3.63, 3.8) is 0 Å². The summed E-state index contributed by atoms with van der Waals surface area (Å²) < 4.78 is 0. The Morgan fingerprint density at radius 1 is 0.848 bits per heavy atom. The zero-order valence-electron chi connectivity index (χ0n) is 26.4. The third kappa shape index (κ3) is 13.2. The van der Waals surface area contributed by atoms with Crippen LogP contribution in [0.2, 0.25) is 0 Å². The van der Waals surface area contributed by atoms with Crippen LogP contribution in [0.5, 0.6) is 0 Å². The molecule has 0 saturated heterocycles. The average molecular weight is 682 g/mol. The topological polar surface area (TPSA) is 220 Å². The predicted octanol–water partition coefficient (Wildman–Crippen LogP) is 1.49. The normalized spacial score (nSPS) is 15.8. The van der Waals surface area contributed by atoms with Crippen LogP contribution in [0.3, 0.4) is 0 Å². The maximum absolute atomic E-state index is 13.8. The van der Waals surface area contributed by atoms with Gasteiger partial charge in [-0.2, -0.15) is 0 Å². The molecule has 0 fully saturated rings. The molecule has 15 heteroatoms. The van der Waals surface area contributed by atoms with Crippen molar-refractivity contribution < 1.29 is 39.3 Å². The summed E-state index contributed by atoms with van der Waals surface area (Å²) in [7, 11) is 0. The molecule has 2 rings (SSSR count). The Labute approximate surface area is 277 Å². The van der Waals surface area contributed by atoms with Crippen molar-refractivity contribution in [1.82, 2.24) is 21.3 Å². The second-order valence-corrected chi connectivity index (χ2v) is 13.4.